The number of hydrogen-bond acceptors (Lipinski definition) is 4. The summed E-state index contributed by atoms with van der Waals surface area (Å²) < 4.78 is 1.81. The lowest BCUT2D eigenvalue weighted by molar-refractivity contribution is -0.130. The molecule has 170 valence electrons. The molecule has 4 amide bonds. The Labute approximate surface area is 192 Å². The summed E-state index contributed by atoms with van der Waals surface area (Å²) in [6.45, 7) is 3.87. The molecule has 8 heteroatoms. The number of nitrogens with one attached hydrogen (secondary N) is 2. The highest BCUT2D eigenvalue weighted by Crippen LogP contribution is 2.23. The standard InChI is InChI=1S/C25H27N5O3/c1-25(2)23(32)29(24(33)27-25)15-9-14-21(31)26-16-19-17-30(20-12-7-4-8-13-20)28-22(19)18-10-5-3-6-11-18/h3-8,10-13,17H,9,14-16H2,1-2H3,(H,26,31)(H,27,33). The van der Waals surface area contributed by atoms with Gasteiger partial charge in [0.2, 0.25) is 5.91 Å². The highest BCUT2D eigenvalue weighted by atomic mass is 16.2. The van der Waals surface area contributed by atoms with E-state index in [1.54, 1.807) is 13.8 Å². The molecule has 2 N–H and O–H groups in total. The monoisotopic (exact) mass is 445 g/mol. The molecule has 2 aromatic carbocycles. The van der Waals surface area contributed by atoms with Crippen molar-refractivity contribution < 1.29 is 14.4 Å². The topological polar surface area (TPSA) is 96.3 Å². The second-order valence-electron chi connectivity index (χ2n) is 8.54. The maximum Gasteiger partial charge on any atom is 0.325 e. The van der Waals surface area contributed by atoms with Gasteiger partial charge in [-0.3, -0.25) is 14.5 Å². The maximum absolute atomic E-state index is 12.5. The number of rotatable bonds is 8. The van der Waals surface area contributed by atoms with Crippen LogP contribution < -0.4 is 10.6 Å². The van der Waals surface area contributed by atoms with E-state index in [9.17, 15) is 14.4 Å². The summed E-state index contributed by atoms with van der Waals surface area (Å²) in [6, 6.07) is 19.2. The number of nitrogens with zero attached hydrogens (tertiary/aromatic N) is 3. The van der Waals surface area contributed by atoms with Gasteiger partial charge < -0.3 is 10.6 Å². The van der Waals surface area contributed by atoms with Gasteiger partial charge in [0.1, 0.15) is 5.54 Å². The van der Waals surface area contributed by atoms with Gasteiger partial charge >= 0.3 is 6.03 Å². The third-order valence-electron chi connectivity index (χ3n) is 5.56. The van der Waals surface area contributed by atoms with E-state index in [0.717, 1.165) is 22.5 Å². The molecule has 1 fully saturated rings. The molecule has 33 heavy (non-hydrogen) atoms. The van der Waals surface area contributed by atoms with Crippen LogP contribution in [0.4, 0.5) is 4.79 Å². The number of aromatic nitrogens is 2. The second-order valence-corrected chi connectivity index (χ2v) is 8.54. The number of amides is 4. The van der Waals surface area contributed by atoms with E-state index in [4.69, 9.17) is 5.10 Å². The quantitative estimate of drug-likeness (QED) is 0.520. The van der Waals surface area contributed by atoms with Crippen LogP contribution in [-0.2, 0) is 16.1 Å². The van der Waals surface area contributed by atoms with Gasteiger partial charge in [0, 0.05) is 36.8 Å². The first kappa shape index (κ1) is 22.3. The molecule has 0 unspecified atom stereocenters. The number of urea groups is 1. The van der Waals surface area contributed by atoms with Crippen LogP contribution in [0.1, 0.15) is 32.3 Å². The first-order valence-corrected chi connectivity index (χ1v) is 11.0. The fourth-order valence-electron chi connectivity index (χ4n) is 3.79. The molecule has 4 rings (SSSR count). The molecule has 0 spiro atoms. The van der Waals surface area contributed by atoms with E-state index < -0.39 is 11.6 Å². The van der Waals surface area contributed by atoms with Crippen LogP contribution in [0.2, 0.25) is 0 Å². The Balaban J connectivity index is 1.39. The lowest BCUT2D eigenvalue weighted by atomic mass is 10.1. The van der Waals surface area contributed by atoms with Crippen molar-refractivity contribution >= 4 is 17.8 Å². The van der Waals surface area contributed by atoms with Crippen molar-refractivity contribution in [3.63, 3.8) is 0 Å². The summed E-state index contributed by atoms with van der Waals surface area (Å²) in [5.74, 6) is -0.415. The Bertz CT molecular complexity index is 1160. The molecule has 0 atom stereocenters. The number of benzene rings is 2. The first-order chi connectivity index (χ1) is 15.8. The Morgan fingerprint density at radius 2 is 1.70 bits per heavy atom. The van der Waals surface area contributed by atoms with Crippen molar-refractivity contribution in [3.8, 4) is 16.9 Å². The van der Waals surface area contributed by atoms with Crippen LogP contribution >= 0.6 is 0 Å². The molecule has 3 aromatic rings. The number of para-hydroxylation sites is 1. The maximum atomic E-state index is 12.5. The number of imide groups is 1. The minimum absolute atomic E-state index is 0.146. The fourth-order valence-corrected chi connectivity index (χ4v) is 3.79. The zero-order valence-electron chi connectivity index (χ0n) is 18.7. The SMILES string of the molecule is CC1(C)NC(=O)N(CCCC(=O)NCc2cn(-c3ccccc3)nc2-c2ccccc2)C1=O. The first-order valence-electron chi connectivity index (χ1n) is 11.0. The van der Waals surface area contributed by atoms with Crippen molar-refractivity contribution in [2.75, 3.05) is 6.54 Å². The van der Waals surface area contributed by atoms with Gasteiger partial charge in [-0.05, 0) is 32.4 Å². The minimum atomic E-state index is -0.897. The third-order valence-corrected chi connectivity index (χ3v) is 5.56. The molecule has 1 aromatic heterocycles. The summed E-state index contributed by atoms with van der Waals surface area (Å²) in [4.78, 5) is 37.8. The summed E-state index contributed by atoms with van der Waals surface area (Å²) in [5, 5.41) is 10.3. The number of carbonyl (C=O) groups excluding carboxylic acids is 3. The highest BCUT2D eigenvalue weighted by molar-refractivity contribution is 6.06. The molecule has 0 radical (unpaired) electrons. The van der Waals surface area contributed by atoms with E-state index in [-0.39, 0.29) is 24.8 Å². The lowest BCUT2D eigenvalue weighted by Crippen LogP contribution is -2.40. The zero-order chi connectivity index (χ0) is 23.4. The van der Waals surface area contributed by atoms with Gasteiger partial charge in [0.15, 0.2) is 0 Å². The van der Waals surface area contributed by atoms with Crippen LogP contribution in [-0.4, -0.2) is 44.6 Å². The summed E-state index contributed by atoms with van der Waals surface area (Å²) in [6.07, 6.45) is 2.54. The summed E-state index contributed by atoms with van der Waals surface area (Å²) >= 11 is 0. The molecule has 0 aliphatic carbocycles. The third kappa shape index (κ3) is 4.95. The average Bonchev–Trinajstić information content (AvgIpc) is 3.32. The summed E-state index contributed by atoms with van der Waals surface area (Å²) in [7, 11) is 0. The largest absolute Gasteiger partial charge is 0.352 e. The molecule has 0 bridgehead atoms. The Morgan fingerprint density at radius 3 is 2.33 bits per heavy atom. The molecule has 1 aliphatic heterocycles. The normalized spacial score (nSPS) is 14.9. The van der Waals surface area contributed by atoms with E-state index in [1.165, 1.54) is 4.90 Å². The fraction of sp³-hybridized carbons (Fsp3) is 0.280. The predicted octanol–water partition coefficient (Wildman–Crippen LogP) is 3.27. The molecule has 1 saturated heterocycles. The van der Waals surface area contributed by atoms with E-state index >= 15 is 0 Å². The van der Waals surface area contributed by atoms with Crippen molar-refractivity contribution in [1.82, 2.24) is 25.3 Å². The van der Waals surface area contributed by atoms with E-state index in [0.29, 0.717) is 13.0 Å². The van der Waals surface area contributed by atoms with Crippen molar-refractivity contribution in [3.05, 3.63) is 72.4 Å². The van der Waals surface area contributed by atoms with Crippen LogP contribution in [0.25, 0.3) is 16.9 Å². The van der Waals surface area contributed by atoms with Gasteiger partial charge in [-0.15, -0.1) is 0 Å². The van der Waals surface area contributed by atoms with Gasteiger partial charge in [0.05, 0.1) is 11.4 Å². The van der Waals surface area contributed by atoms with Crippen molar-refractivity contribution in [1.29, 1.82) is 0 Å². The molecule has 2 heterocycles. The van der Waals surface area contributed by atoms with Crippen molar-refractivity contribution in [2.24, 2.45) is 0 Å². The van der Waals surface area contributed by atoms with Gasteiger partial charge in [-0.25, -0.2) is 9.48 Å². The summed E-state index contributed by atoms with van der Waals surface area (Å²) in [5.41, 5.74) is 2.71. The minimum Gasteiger partial charge on any atom is -0.352 e. The molecule has 0 saturated carbocycles. The Kier molecular flexibility index (Phi) is 6.26. The molecule has 8 nitrogen and oxygen atoms in total. The van der Waals surface area contributed by atoms with Gasteiger partial charge in [-0.2, -0.15) is 5.10 Å². The molecular weight excluding hydrogens is 418 g/mol. The Morgan fingerprint density at radius 1 is 1.03 bits per heavy atom. The molecular formula is C25H27N5O3. The average molecular weight is 446 g/mol. The van der Waals surface area contributed by atoms with Gasteiger partial charge in [-0.1, -0.05) is 48.5 Å². The predicted molar refractivity (Wildman–Crippen MR) is 124 cm³/mol. The van der Waals surface area contributed by atoms with E-state index in [1.807, 2.05) is 71.5 Å². The van der Waals surface area contributed by atoms with Crippen LogP contribution in [0.3, 0.4) is 0 Å². The molecule has 1 aliphatic rings. The van der Waals surface area contributed by atoms with Crippen LogP contribution in [0.5, 0.6) is 0 Å². The number of hydrogen-bond donors (Lipinski definition) is 2. The van der Waals surface area contributed by atoms with E-state index in [2.05, 4.69) is 10.6 Å². The van der Waals surface area contributed by atoms with Crippen LogP contribution in [0.15, 0.2) is 66.9 Å². The van der Waals surface area contributed by atoms with Gasteiger partial charge in [0.25, 0.3) is 5.91 Å². The Hall–Kier alpha value is -3.94. The second kappa shape index (κ2) is 9.28. The highest BCUT2D eigenvalue weighted by Gasteiger charge is 2.43. The smallest absolute Gasteiger partial charge is 0.325 e. The lowest BCUT2D eigenvalue weighted by Gasteiger charge is -2.15. The van der Waals surface area contributed by atoms with Crippen molar-refractivity contribution in [2.45, 2.75) is 38.8 Å². The zero-order valence-corrected chi connectivity index (χ0v) is 18.7. The number of carbonyl (C=O) groups is 3. The van der Waals surface area contributed by atoms with Crippen LogP contribution in [0, 0.1) is 0 Å².